The maximum Gasteiger partial charge on any atom is 0.0406 e. The van der Waals surface area contributed by atoms with E-state index >= 15 is 0 Å². The molecule has 1 fully saturated rings. The Hall–Kier alpha value is -0.530. The van der Waals surface area contributed by atoms with E-state index in [4.69, 9.17) is 11.6 Å². The highest BCUT2D eigenvalue weighted by atomic mass is 35.5. The molecule has 1 aliphatic rings. The summed E-state index contributed by atoms with van der Waals surface area (Å²) in [7, 11) is 0. The highest BCUT2D eigenvalue weighted by Crippen LogP contribution is 2.33. The van der Waals surface area contributed by atoms with Gasteiger partial charge in [0.05, 0.1) is 0 Å². The molecule has 0 amide bonds. The quantitative estimate of drug-likeness (QED) is 0.796. The fourth-order valence-corrected chi connectivity index (χ4v) is 3.49. The number of aryl methyl sites for hydroxylation is 2. The Bertz CT molecular complexity index is 399. The fourth-order valence-electron chi connectivity index (χ4n) is 3.13. The van der Waals surface area contributed by atoms with Gasteiger partial charge in [0.25, 0.3) is 0 Å². The first-order valence-corrected chi connectivity index (χ1v) is 7.95. The molecule has 0 heterocycles. The molecule has 1 nitrogen and oxygen atoms in total. The van der Waals surface area contributed by atoms with E-state index in [9.17, 15) is 0 Å². The van der Waals surface area contributed by atoms with Crippen molar-refractivity contribution in [2.75, 3.05) is 5.88 Å². The number of rotatable bonds is 4. The summed E-state index contributed by atoms with van der Waals surface area (Å²) >= 11 is 6.25. The maximum atomic E-state index is 6.25. The molecule has 1 N–H and O–H groups in total. The molecular formula is C17H26ClN. The number of benzene rings is 1. The lowest BCUT2D eigenvalue weighted by molar-refractivity contribution is 0.216. The second kappa shape index (κ2) is 6.28. The lowest BCUT2D eigenvalue weighted by atomic mass is 9.78. The smallest absolute Gasteiger partial charge is 0.0406 e. The molecule has 1 aromatic carbocycles. The minimum Gasteiger partial charge on any atom is -0.306 e. The monoisotopic (exact) mass is 279 g/mol. The summed E-state index contributed by atoms with van der Waals surface area (Å²) < 4.78 is 0. The Morgan fingerprint density at radius 1 is 1.16 bits per heavy atom. The van der Waals surface area contributed by atoms with E-state index in [1.165, 1.54) is 42.4 Å². The van der Waals surface area contributed by atoms with Crippen molar-refractivity contribution in [3.63, 3.8) is 0 Å². The van der Waals surface area contributed by atoms with E-state index in [0.717, 1.165) is 18.3 Å². The van der Waals surface area contributed by atoms with Crippen LogP contribution < -0.4 is 5.32 Å². The van der Waals surface area contributed by atoms with Crippen LogP contribution in [0.1, 0.15) is 49.3 Å². The van der Waals surface area contributed by atoms with Crippen molar-refractivity contribution in [2.24, 2.45) is 5.92 Å². The van der Waals surface area contributed by atoms with Crippen molar-refractivity contribution in [1.29, 1.82) is 0 Å². The summed E-state index contributed by atoms with van der Waals surface area (Å²) in [5.41, 5.74) is 4.22. The molecule has 0 aromatic heterocycles. The third-order valence-electron chi connectivity index (χ3n) is 4.44. The molecule has 1 aromatic rings. The number of hydrogen-bond donors (Lipinski definition) is 1. The summed E-state index contributed by atoms with van der Waals surface area (Å²) in [5, 5.41) is 3.74. The van der Waals surface area contributed by atoms with Crippen LogP contribution >= 0.6 is 11.6 Å². The van der Waals surface area contributed by atoms with Gasteiger partial charge < -0.3 is 5.32 Å². The summed E-state index contributed by atoms with van der Waals surface area (Å²) in [6.45, 7) is 7.61. The molecular weight excluding hydrogens is 254 g/mol. The van der Waals surface area contributed by atoms with Gasteiger partial charge in [0.15, 0.2) is 0 Å². The normalized spacial score (nSPS) is 27.5. The Balaban J connectivity index is 1.99. The predicted octanol–water partition coefficient (Wildman–Crippen LogP) is 4.58. The molecule has 19 heavy (non-hydrogen) atoms. The van der Waals surface area contributed by atoms with E-state index < -0.39 is 0 Å². The lowest BCUT2D eigenvalue weighted by Gasteiger charge is -2.39. The minimum atomic E-state index is 0.158. The van der Waals surface area contributed by atoms with E-state index in [0.29, 0.717) is 0 Å². The highest BCUT2D eigenvalue weighted by molar-refractivity contribution is 6.18. The standard InChI is InChI=1S/C17H26ClN/c1-13-4-6-17(12-18,7-5-13)19-11-16-9-14(2)8-15(3)10-16/h8-10,13,19H,4-7,11-12H2,1-3H3. The largest absolute Gasteiger partial charge is 0.306 e. The molecule has 0 unspecified atom stereocenters. The average molecular weight is 280 g/mol. The van der Waals surface area contributed by atoms with Crippen LogP contribution in [0.2, 0.25) is 0 Å². The van der Waals surface area contributed by atoms with Crippen molar-refractivity contribution < 1.29 is 0 Å². The van der Waals surface area contributed by atoms with E-state index in [-0.39, 0.29) is 5.54 Å². The fraction of sp³-hybridized carbons (Fsp3) is 0.647. The van der Waals surface area contributed by atoms with Crippen molar-refractivity contribution >= 4 is 11.6 Å². The molecule has 0 radical (unpaired) electrons. The topological polar surface area (TPSA) is 12.0 Å². The van der Waals surface area contributed by atoms with Gasteiger partial charge in [0, 0.05) is 18.0 Å². The van der Waals surface area contributed by atoms with Gasteiger partial charge >= 0.3 is 0 Å². The number of alkyl halides is 1. The van der Waals surface area contributed by atoms with Gasteiger partial charge in [0.1, 0.15) is 0 Å². The highest BCUT2D eigenvalue weighted by Gasteiger charge is 2.32. The zero-order valence-corrected chi connectivity index (χ0v) is 13.2. The van der Waals surface area contributed by atoms with Gasteiger partial charge in [-0.05, 0) is 51.0 Å². The SMILES string of the molecule is Cc1cc(C)cc(CNC2(CCl)CCC(C)CC2)c1. The number of nitrogens with one attached hydrogen (secondary N) is 1. The van der Waals surface area contributed by atoms with Crippen LogP contribution in [0, 0.1) is 19.8 Å². The Morgan fingerprint density at radius 2 is 1.74 bits per heavy atom. The van der Waals surface area contributed by atoms with E-state index in [1.54, 1.807) is 0 Å². The molecule has 1 saturated carbocycles. The van der Waals surface area contributed by atoms with Crippen LogP contribution in [0.4, 0.5) is 0 Å². The summed E-state index contributed by atoms with van der Waals surface area (Å²) in [5.74, 6) is 1.59. The first kappa shape index (κ1) is 14.9. The third kappa shape index (κ3) is 3.97. The van der Waals surface area contributed by atoms with Gasteiger partial charge in [-0.25, -0.2) is 0 Å². The van der Waals surface area contributed by atoms with Gasteiger partial charge in [-0.15, -0.1) is 11.6 Å². The van der Waals surface area contributed by atoms with Crippen LogP contribution in [0.25, 0.3) is 0 Å². The lowest BCUT2D eigenvalue weighted by Crippen LogP contribution is -2.49. The molecule has 0 bridgehead atoms. The van der Waals surface area contributed by atoms with Gasteiger partial charge in [0.2, 0.25) is 0 Å². The molecule has 0 aliphatic heterocycles. The second-order valence-corrected chi connectivity index (χ2v) is 6.71. The van der Waals surface area contributed by atoms with E-state index in [2.05, 4.69) is 44.3 Å². The summed E-state index contributed by atoms with van der Waals surface area (Å²) in [6, 6.07) is 6.77. The predicted molar refractivity (Wildman–Crippen MR) is 83.8 cm³/mol. The molecule has 0 atom stereocenters. The summed E-state index contributed by atoms with van der Waals surface area (Å²) in [6.07, 6.45) is 5.02. The molecule has 0 spiro atoms. The molecule has 2 rings (SSSR count). The molecule has 106 valence electrons. The average Bonchev–Trinajstić information content (AvgIpc) is 2.38. The van der Waals surface area contributed by atoms with Gasteiger partial charge in [-0.2, -0.15) is 0 Å². The zero-order chi connectivity index (χ0) is 13.9. The minimum absolute atomic E-state index is 0.158. The second-order valence-electron chi connectivity index (χ2n) is 6.45. The van der Waals surface area contributed by atoms with Crippen molar-refractivity contribution in [1.82, 2.24) is 5.32 Å². The Kier molecular flexibility index (Phi) is 4.92. The van der Waals surface area contributed by atoms with E-state index in [1.807, 2.05) is 0 Å². The van der Waals surface area contributed by atoms with Crippen molar-refractivity contribution in [2.45, 2.75) is 58.5 Å². The molecule has 1 aliphatic carbocycles. The van der Waals surface area contributed by atoms with Crippen molar-refractivity contribution in [3.05, 3.63) is 34.9 Å². The van der Waals surface area contributed by atoms with Crippen LogP contribution in [-0.2, 0) is 6.54 Å². The maximum absolute atomic E-state index is 6.25. The van der Waals surface area contributed by atoms with Gasteiger partial charge in [-0.3, -0.25) is 0 Å². The van der Waals surface area contributed by atoms with Crippen LogP contribution in [0.3, 0.4) is 0 Å². The number of hydrogen-bond acceptors (Lipinski definition) is 1. The first-order chi connectivity index (χ1) is 9.03. The van der Waals surface area contributed by atoms with Crippen LogP contribution in [-0.4, -0.2) is 11.4 Å². The zero-order valence-electron chi connectivity index (χ0n) is 12.4. The Morgan fingerprint density at radius 3 is 2.26 bits per heavy atom. The van der Waals surface area contributed by atoms with Gasteiger partial charge in [-0.1, -0.05) is 36.2 Å². The van der Waals surface area contributed by atoms with Crippen LogP contribution in [0.5, 0.6) is 0 Å². The number of halogens is 1. The Labute approximate surface area is 122 Å². The summed E-state index contributed by atoms with van der Waals surface area (Å²) in [4.78, 5) is 0. The third-order valence-corrected chi connectivity index (χ3v) is 4.95. The van der Waals surface area contributed by atoms with Crippen molar-refractivity contribution in [3.8, 4) is 0 Å². The molecule has 0 saturated heterocycles. The first-order valence-electron chi connectivity index (χ1n) is 7.41. The van der Waals surface area contributed by atoms with Crippen LogP contribution in [0.15, 0.2) is 18.2 Å². The molecule has 2 heteroatoms.